The normalized spacial score (nSPS) is 9.88. The third-order valence-electron chi connectivity index (χ3n) is 3.38. The second-order valence-corrected chi connectivity index (χ2v) is 6.11. The molecule has 1 aromatic heterocycles. The summed E-state index contributed by atoms with van der Waals surface area (Å²) in [5, 5.41) is 16.2. The lowest BCUT2D eigenvalue weighted by Gasteiger charge is -2.08. The summed E-state index contributed by atoms with van der Waals surface area (Å²) in [5.74, 6) is -0.531. The molecule has 6 heteroatoms. The lowest BCUT2D eigenvalue weighted by molar-refractivity contribution is 0.101. The first-order valence-corrected chi connectivity index (χ1v) is 8.30. The van der Waals surface area contributed by atoms with Gasteiger partial charge in [0.05, 0.1) is 16.5 Å². The highest BCUT2D eigenvalue weighted by Gasteiger charge is 2.10. The predicted molar refractivity (Wildman–Crippen MR) is 97.8 cm³/mol. The van der Waals surface area contributed by atoms with Crippen LogP contribution in [0.25, 0.3) is 0 Å². The molecule has 2 N–H and O–H groups in total. The number of nitrogens with one attached hydrogen (secondary N) is 2. The van der Waals surface area contributed by atoms with Gasteiger partial charge in [-0.2, -0.15) is 5.26 Å². The van der Waals surface area contributed by atoms with Gasteiger partial charge in [-0.15, -0.1) is 11.3 Å². The molecule has 0 aliphatic heterocycles. The van der Waals surface area contributed by atoms with Crippen molar-refractivity contribution in [3.05, 3.63) is 82.0 Å². The van der Waals surface area contributed by atoms with Crippen LogP contribution in [0.1, 0.15) is 25.6 Å². The first kappa shape index (κ1) is 16.4. The standard InChI is InChI=1S/C19H13N3O2S/c20-12-13-4-1-6-15(10-13)21-18(23)14-5-2-7-16(11-14)22-19(24)17-8-3-9-25-17/h1-11H,(H,21,23)(H,22,24). The Labute approximate surface area is 148 Å². The van der Waals surface area contributed by atoms with E-state index in [1.165, 1.54) is 11.3 Å². The van der Waals surface area contributed by atoms with E-state index in [1.54, 1.807) is 60.7 Å². The van der Waals surface area contributed by atoms with E-state index >= 15 is 0 Å². The molecule has 0 unspecified atom stereocenters. The summed E-state index contributed by atoms with van der Waals surface area (Å²) >= 11 is 1.35. The van der Waals surface area contributed by atoms with Gasteiger partial charge in [-0.1, -0.05) is 18.2 Å². The molecule has 2 amide bonds. The van der Waals surface area contributed by atoms with Crippen LogP contribution in [-0.2, 0) is 0 Å². The van der Waals surface area contributed by atoms with E-state index in [0.29, 0.717) is 27.4 Å². The highest BCUT2D eigenvalue weighted by atomic mass is 32.1. The number of amides is 2. The van der Waals surface area contributed by atoms with E-state index in [-0.39, 0.29) is 11.8 Å². The number of anilines is 2. The Morgan fingerprint density at radius 1 is 0.880 bits per heavy atom. The summed E-state index contributed by atoms with van der Waals surface area (Å²) < 4.78 is 0. The molecule has 2 aromatic carbocycles. The molecule has 25 heavy (non-hydrogen) atoms. The van der Waals surface area contributed by atoms with Crippen molar-refractivity contribution in [2.45, 2.75) is 0 Å². The van der Waals surface area contributed by atoms with Crippen molar-refractivity contribution < 1.29 is 9.59 Å². The Morgan fingerprint density at radius 2 is 1.60 bits per heavy atom. The van der Waals surface area contributed by atoms with Gasteiger partial charge in [0.1, 0.15) is 0 Å². The average molecular weight is 347 g/mol. The van der Waals surface area contributed by atoms with Crippen molar-refractivity contribution in [3.8, 4) is 6.07 Å². The molecule has 0 bridgehead atoms. The number of nitrogens with zero attached hydrogens (tertiary/aromatic N) is 1. The zero-order chi connectivity index (χ0) is 17.6. The molecule has 0 fully saturated rings. The van der Waals surface area contributed by atoms with Crippen molar-refractivity contribution in [2.24, 2.45) is 0 Å². The second kappa shape index (κ2) is 7.43. The SMILES string of the molecule is N#Cc1cccc(NC(=O)c2cccc(NC(=O)c3cccs3)c2)c1. The maximum Gasteiger partial charge on any atom is 0.265 e. The molecule has 3 rings (SSSR count). The largest absolute Gasteiger partial charge is 0.322 e. The lowest BCUT2D eigenvalue weighted by atomic mass is 10.1. The number of carbonyl (C=O) groups is 2. The van der Waals surface area contributed by atoms with E-state index in [9.17, 15) is 9.59 Å². The molecule has 0 saturated heterocycles. The zero-order valence-electron chi connectivity index (χ0n) is 13.0. The minimum Gasteiger partial charge on any atom is -0.322 e. The Morgan fingerprint density at radius 3 is 2.32 bits per heavy atom. The molecule has 0 spiro atoms. The summed E-state index contributed by atoms with van der Waals surface area (Å²) in [6.07, 6.45) is 0. The zero-order valence-corrected chi connectivity index (χ0v) is 13.8. The smallest absolute Gasteiger partial charge is 0.265 e. The van der Waals surface area contributed by atoms with Gasteiger partial charge < -0.3 is 10.6 Å². The van der Waals surface area contributed by atoms with Crippen LogP contribution in [0.3, 0.4) is 0 Å². The summed E-state index contributed by atoms with van der Waals surface area (Å²) in [5.41, 5.74) is 1.95. The third kappa shape index (κ3) is 4.10. The molecule has 122 valence electrons. The Balaban J connectivity index is 1.73. The number of thiophene rings is 1. The van der Waals surface area contributed by atoms with E-state index < -0.39 is 0 Å². The first-order chi connectivity index (χ1) is 12.2. The highest BCUT2D eigenvalue weighted by molar-refractivity contribution is 7.12. The van der Waals surface area contributed by atoms with Gasteiger partial charge >= 0.3 is 0 Å². The molecule has 0 radical (unpaired) electrons. The summed E-state index contributed by atoms with van der Waals surface area (Å²) in [4.78, 5) is 25.1. The molecule has 1 heterocycles. The van der Waals surface area contributed by atoms with E-state index in [1.807, 2.05) is 11.4 Å². The average Bonchev–Trinajstić information content (AvgIpc) is 3.17. The second-order valence-electron chi connectivity index (χ2n) is 5.16. The van der Waals surface area contributed by atoms with Crippen molar-refractivity contribution in [1.82, 2.24) is 0 Å². The molecular weight excluding hydrogens is 334 g/mol. The monoisotopic (exact) mass is 347 g/mol. The van der Waals surface area contributed by atoms with Gasteiger partial charge in [-0.05, 0) is 47.8 Å². The maximum atomic E-state index is 12.4. The van der Waals surface area contributed by atoms with Crippen LogP contribution >= 0.6 is 11.3 Å². The molecule has 0 saturated carbocycles. The van der Waals surface area contributed by atoms with Crippen LogP contribution in [0.4, 0.5) is 11.4 Å². The summed E-state index contributed by atoms with van der Waals surface area (Å²) in [7, 11) is 0. The third-order valence-corrected chi connectivity index (χ3v) is 4.25. The van der Waals surface area contributed by atoms with Crippen molar-refractivity contribution in [2.75, 3.05) is 10.6 Å². The van der Waals surface area contributed by atoms with E-state index in [4.69, 9.17) is 5.26 Å². The molecular formula is C19H13N3O2S. The lowest BCUT2D eigenvalue weighted by Crippen LogP contribution is -2.14. The van der Waals surface area contributed by atoms with E-state index in [0.717, 1.165) is 0 Å². The molecule has 0 aliphatic carbocycles. The number of rotatable bonds is 4. The van der Waals surface area contributed by atoms with Gasteiger partial charge in [0, 0.05) is 16.9 Å². The number of hydrogen-bond donors (Lipinski definition) is 2. The van der Waals surface area contributed by atoms with E-state index in [2.05, 4.69) is 10.6 Å². The van der Waals surface area contributed by atoms with Crippen LogP contribution in [-0.4, -0.2) is 11.8 Å². The Bertz CT molecular complexity index is 959. The van der Waals surface area contributed by atoms with Crippen LogP contribution < -0.4 is 10.6 Å². The van der Waals surface area contributed by atoms with Gasteiger partial charge in [-0.25, -0.2) is 0 Å². The highest BCUT2D eigenvalue weighted by Crippen LogP contribution is 2.17. The number of nitriles is 1. The summed E-state index contributed by atoms with van der Waals surface area (Å²) in [6.45, 7) is 0. The molecule has 5 nitrogen and oxygen atoms in total. The van der Waals surface area contributed by atoms with Gasteiger partial charge in [-0.3, -0.25) is 9.59 Å². The molecule has 3 aromatic rings. The maximum absolute atomic E-state index is 12.4. The van der Waals surface area contributed by atoms with Crippen LogP contribution in [0, 0.1) is 11.3 Å². The van der Waals surface area contributed by atoms with Gasteiger partial charge in [0.15, 0.2) is 0 Å². The fraction of sp³-hybridized carbons (Fsp3) is 0. The number of benzene rings is 2. The Hall–Kier alpha value is -3.43. The molecule has 0 atom stereocenters. The van der Waals surface area contributed by atoms with Crippen LogP contribution in [0.15, 0.2) is 66.0 Å². The minimum absolute atomic E-state index is 0.214. The Kier molecular flexibility index (Phi) is 4.88. The van der Waals surface area contributed by atoms with Crippen molar-refractivity contribution >= 4 is 34.5 Å². The van der Waals surface area contributed by atoms with Crippen LogP contribution in [0.2, 0.25) is 0 Å². The quantitative estimate of drug-likeness (QED) is 0.744. The number of hydrogen-bond acceptors (Lipinski definition) is 4. The van der Waals surface area contributed by atoms with Crippen LogP contribution in [0.5, 0.6) is 0 Å². The van der Waals surface area contributed by atoms with Crippen molar-refractivity contribution in [3.63, 3.8) is 0 Å². The molecule has 0 aliphatic rings. The predicted octanol–water partition coefficient (Wildman–Crippen LogP) is 4.12. The van der Waals surface area contributed by atoms with Gasteiger partial charge in [0.2, 0.25) is 0 Å². The fourth-order valence-electron chi connectivity index (χ4n) is 2.21. The minimum atomic E-state index is -0.317. The topological polar surface area (TPSA) is 82.0 Å². The first-order valence-electron chi connectivity index (χ1n) is 7.42. The number of carbonyl (C=O) groups excluding carboxylic acids is 2. The fourth-order valence-corrected chi connectivity index (χ4v) is 2.83. The van der Waals surface area contributed by atoms with Gasteiger partial charge in [0.25, 0.3) is 11.8 Å². The summed E-state index contributed by atoms with van der Waals surface area (Å²) in [6, 6.07) is 18.9. The van der Waals surface area contributed by atoms with Crippen molar-refractivity contribution in [1.29, 1.82) is 5.26 Å².